The van der Waals surface area contributed by atoms with Crippen molar-refractivity contribution in [1.29, 1.82) is 0 Å². The summed E-state index contributed by atoms with van der Waals surface area (Å²) in [6.45, 7) is 7.34. The molecule has 29 heavy (non-hydrogen) atoms. The van der Waals surface area contributed by atoms with Crippen LogP contribution in [0.3, 0.4) is 0 Å². The van der Waals surface area contributed by atoms with Crippen LogP contribution >= 0.6 is 0 Å². The second-order valence-corrected chi connectivity index (χ2v) is 7.73. The maximum atomic E-state index is 12.4. The van der Waals surface area contributed by atoms with Crippen LogP contribution in [0.2, 0.25) is 0 Å². The Hall–Kier alpha value is -3.29. The number of nitrogens with zero attached hydrogens (tertiary/aromatic N) is 1. The largest absolute Gasteiger partial charge is 0.472 e. The highest BCUT2D eigenvalue weighted by Gasteiger charge is 2.20. The molecule has 8 heteroatoms. The molecular formula is C21H27N3O5. The molecule has 8 nitrogen and oxygen atoms in total. The SMILES string of the molecule is C[C@@H](NC(=O)c1ccoc1)C(=O)Nc1cccc(CN(C)C(=O)OC(C)(C)C)c1. The lowest BCUT2D eigenvalue weighted by Gasteiger charge is -2.24. The zero-order valence-electron chi connectivity index (χ0n) is 17.3. The van der Waals surface area contributed by atoms with Gasteiger partial charge in [0, 0.05) is 19.3 Å². The van der Waals surface area contributed by atoms with Gasteiger partial charge < -0.3 is 24.7 Å². The molecule has 0 radical (unpaired) electrons. The summed E-state index contributed by atoms with van der Waals surface area (Å²) >= 11 is 0. The number of anilines is 1. The molecule has 3 amide bonds. The van der Waals surface area contributed by atoms with E-state index in [1.807, 2.05) is 6.07 Å². The number of benzene rings is 1. The second-order valence-electron chi connectivity index (χ2n) is 7.73. The molecule has 2 N–H and O–H groups in total. The van der Waals surface area contributed by atoms with Crippen LogP contribution in [-0.4, -0.2) is 41.5 Å². The van der Waals surface area contributed by atoms with Crippen LogP contribution in [0.4, 0.5) is 10.5 Å². The van der Waals surface area contributed by atoms with E-state index in [0.717, 1.165) is 5.56 Å². The molecule has 0 fully saturated rings. The van der Waals surface area contributed by atoms with Gasteiger partial charge in [0.15, 0.2) is 0 Å². The highest BCUT2D eigenvalue weighted by atomic mass is 16.6. The van der Waals surface area contributed by atoms with Gasteiger partial charge in [0.05, 0.1) is 11.8 Å². The second kappa shape index (κ2) is 9.27. The number of amides is 3. The van der Waals surface area contributed by atoms with E-state index < -0.39 is 23.6 Å². The first-order valence-electron chi connectivity index (χ1n) is 9.22. The number of carbonyl (C=O) groups is 3. The molecule has 0 saturated heterocycles. The first-order chi connectivity index (χ1) is 13.5. The van der Waals surface area contributed by atoms with Crippen molar-refractivity contribution in [2.75, 3.05) is 12.4 Å². The van der Waals surface area contributed by atoms with Crippen LogP contribution in [0.5, 0.6) is 0 Å². The van der Waals surface area contributed by atoms with E-state index in [0.29, 0.717) is 17.8 Å². The molecule has 1 heterocycles. The van der Waals surface area contributed by atoms with E-state index >= 15 is 0 Å². The number of furan rings is 1. The third-order valence-corrected chi connectivity index (χ3v) is 3.84. The summed E-state index contributed by atoms with van der Waals surface area (Å²) in [5.41, 5.74) is 1.16. The van der Waals surface area contributed by atoms with Crippen molar-refractivity contribution in [3.63, 3.8) is 0 Å². The molecule has 156 valence electrons. The van der Waals surface area contributed by atoms with Gasteiger partial charge in [0.2, 0.25) is 5.91 Å². The average molecular weight is 401 g/mol. The number of hydrogen-bond acceptors (Lipinski definition) is 5. The topological polar surface area (TPSA) is 101 Å². The number of hydrogen-bond donors (Lipinski definition) is 2. The molecule has 0 aliphatic rings. The van der Waals surface area contributed by atoms with Crippen molar-refractivity contribution in [2.24, 2.45) is 0 Å². The zero-order chi connectivity index (χ0) is 21.6. The van der Waals surface area contributed by atoms with Gasteiger partial charge in [-0.1, -0.05) is 12.1 Å². The fourth-order valence-electron chi connectivity index (χ4n) is 2.42. The van der Waals surface area contributed by atoms with Crippen molar-refractivity contribution in [3.8, 4) is 0 Å². The molecule has 0 spiro atoms. The van der Waals surface area contributed by atoms with E-state index in [2.05, 4.69) is 10.6 Å². The van der Waals surface area contributed by atoms with Crippen LogP contribution in [0.1, 0.15) is 43.6 Å². The summed E-state index contributed by atoms with van der Waals surface area (Å²) in [6.07, 6.45) is 2.27. The van der Waals surface area contributed by atoms with Crippen LogP contribution in [0, 0.1) is 0 Å². The smallest absolute Gasteiger partial charge is 0.410 e. The standard InChI is InChI=1S/C21H27N3O5/c1-14(22-19(26)16-9-10-28-13-16)18(25)23-17-8-6-7-15(11-17)12-24(5)20(27)29-21(2,3)4/h6-11,13-14H,12H2,1-5H3,(H,22,26)(H,23,25)/t14-/m1/s1. The molecule has 0 aliphatic carbocycles. The van der Waals surface area contributed by atoms with E-state index in [-0.39, 0.29) is 5.91 Å². The summed E-state index contributed by atoms with van der Waals surface area (Å²) in [5.74, 6) is -0.756. The van der Waals surface area contributed by atoms with Crippen molar-refractivity contribution in [3.05, 3.63) is 54.0 Å². The van der Waals surface area contributed by atoms with Gasteiger partial charge in [-0.15, -0.1) is 0 Å². The summed E-state index contributed by atoms with van der Waals surface area (Å²) in [4.78, 5) is 38.0. The third-order valence-electron chi connectivity index (χ3n) is 3.84. The van der Waals surface area contributed by atoms with Crippen molar-refractivity contribution >= 4 is 23.6 Å². The Morgan fingerprint density at radius 1 is 1.21 bits per heavy atom. The fraction of sp³-hybridized carbons (Fsp3) is 0.381. The molecule has 1 aromatic heterocycles. The Morgan fingerprint density at radius 2 is 1.93 bits per heavy atom. The number of nitrogens with one attached hydrogen (secondary N) is 2. The predicted octanol–water partition coefficient (Wildman–Crippen LogP) is 3.40. The Bertz CT molecular complexity index is 855. The fourth-order valence-corrected chi connectivity index (χ4v) is 2.42. The molecule has 0 unspecified atom stereocenters. The third kappa shape index (κ3) is 6.99. The Labute approximate surface area is 170 Å². The zero-order valence-corrected chi connectivity index (χ0v) is 17.3. The van der Waals surface area contributed by atoms with Gasteiger partial charge in [0.25, 0.3) is 5.91 Å². The normalized spacial score (nSPS) is 12.0. The molecule has 1 atom stereocenters. The monoisotopic (exact) mass is 401 g/mol. The van der Waals surface area contributed by atoms with Crippen LogP contribution < -0.4 is 10.6 Å². The lowest BCUT2D eigenvalue weighted by Crippen LogP contribution is -2.41. The maximum Gasteiger partial charge on any atom is 0.410 e. The van der Waals surface area contributed by atoms with E-state index in [9.17, 15) is 14.4 Å². The molecule has 0 bridgehead atoms. The van der Waals surface area contributed by atoms with Gasteiger partial charge in [0.1, 0.15) is 17.9 Å². The van der Waals surface area contributed by atoms with E-state index in [1.54, 1.807) is 52.9 Å². The van der Waals surface area contributed by atoms with Crippen LogP contribution in [0.25, 0.3) is 0 Å². The Kier molecular flexibility index (Phi) is 7.03. The molecule has 0 aliphatic heterocycles. The minimum Gasteiger partial charge on any atom is -0.472 e. The molecule has 2 rings (SSSR count). The molecule has 1 aromatic carbocycles. The molecular weight excluding hydrogens is 374 g/mol. The highest BCUT2D eigenvalue weighted by molar-refractivity contribution is 6.00. The van der Waals surface area contributed by atoms with E-state index in [4.69, 9.17) is 9.15 Å². The lowest BCUT2D eigenvalue weighted by molar-refractivity contribution is -0.117. The van der Waals surface area contributed by atoms with Gasteiger partial charge in [-0.25, -0.2) is 4.79 Å². The predicted molar refractivity (Wildman–Crippen MR) is 108 cm³/mol. The molecule has 0 saturated carbocycles. The summed E-state index contributed by atoms with van der Waals surface area (Å²) in [6, 6.07) is 7.90. The quantitative estimate of drug-likeness (QED) is 0.773. The van der Waals surface area contributed by atoms with Crippen LogP contribution in [0.15, 0.2) is 47.3 Å². The Balaban J connectivity index is 1.93. The summed E-state index contributed by atoms with van der Waals surface area (Å²) in [7, 11) is 1.65. The van der Waals surface area contributed by atoms with Gasteiger partial charge in [-0.3, -0.25) is 9.59 Å². The lowest BCUT2D eigenvalue weighted by atomic mass is 10.2. The van der Waals surface area contributed by atoms with Gasteiger partial charge in [-0.05, 0) is 51.5 Å². The first kappa shape index (κ1) is 22.0. The van der Waals surface area contributed by atoms with Crippen molar-refractivity contribution in [2.45, 2.75) is 45.9 Å². The van der Waals surface area contributed by atoms with E-state index in [1.165, 1.54) is 23.5 Å². The number of ether oxygens (including phenoxy) is 1. The Morgan fingerprint density at radius 3 is 2.55 bits per heavy atom. The molecule has 2 aromatic rings. The summed E-state index contributed by atoms with van der Waals surface area (Å²) in [5, 5.41) is 5.37. The number of rotatable bonds is 6. The highest BCUT2D eigenvalue weighted by Crippen LogP contribution is 2.15. The first-order valence-corrected chi connectivity index (χ1v) is 9.22. The minimum absolute atomic E-state index is 0.325. The van der Waals surface area contributed by atoms with Crippen molar-refractivity contribution in [1.82, 2.24) is 10.2 Å². The van der Waals surface area contributed by atoms with Gasteiger partial charge in [-0.2, -0.15) is 0 Å². The average Bonchev–Trinajstić information content (AvgIpc) is 3.15. The summed E-state index contributed by atoms with van der Waals surface area (Å²) < 4.78 is 10.2. The van der Waals surface area contributed by atoms with Crippen molar-refractivity contribution < 1.29 is 23.5 Å². The maximum absolute atomic E-state index is 12.4. The number of carbonyl (C=O) groups excluding carboxylic acids is 3. The minimum atomic E-state index is -0.745. The van der Waals surface area contributed by atoms with Gasteiger partial charge >= 0.3 is 6.09 Å². The van der Waals surface area contributed by atoms with Crippen LogP contribution in [-0.2, 0) is 16.1 Å².